The maximum atomic E-state index is 9.90. The first-order valence-electron chi connectivity index (χ1n) is 5.26. The van der Waals surface area contributed by atoms with Crippen LogP contribution in [0.25, 0.3) is 16.3 Å². The number of phenols is 1. The molecular weight excluding hydrogens is 184 g/mol. The topological polar surface area (TPSA) is 20.2 Å². The minimum atomic E-state index is 0.402. The summed E-state index contributed by atoms with van der Waals surface area (Å²) in [5.74, 6) is 0.402. The zero-order valence-corrected chi connectivity index (χ0v) is 8.40. The van der Waals surface area contributed by atoms with Crippen molar-refractivity contribution in [3.8, 4) is 5.75 Å². The van der Waals surface area contributed by atoms with E-state index in [4.69, 9.17) is 0 Å². The Morgan fingerprint density at radius 2 is 1.67 bits per heavy atom. The zero-order chi connectivity index (χ0) is 10.3. The van der Waals surface area contributed by atoms with Crippen molar-refractivity contribution in [1.82, 2.24) is 0 Å². The molecule has 0 saturated carbocycles. The van der Waals surface area contributed by atoms with Crippen molar-refractivity contribution in [2.24, 2.45) is 0 Å². The lowest BCUT2D eigenvalue weighted by Crippen LogP contribution is -1.93. The molecule has 0 saturated heterocycles. The molecule has 15 heavy (non-hydrogen) atoms. The Labute approximate surface area is 88.7 Å². The molecule has 2 aromatic carbocycles. The molecule has 0 amide bonds. The number of rotatable bonds is 1. The van der Waals surface area contributed by atoms with Gasteiger partial charge in [0.2, 0.25) is 0 Å². The highest BCUT2D eigenvalue weighted by atomic mass is 16.3. The van der Waals surface area contributed by atoms with E-state index in [0.717, 1.165) is 23.8 Å². The Balaban J connectivity index is 2.27. The minimum Gasteiger partial charge on any atom is -0.507 e. The van der Waals surface area contributed by atoms with Crippen LogP contribution in [-0.4, -0.2) is 5.11 Å². The van der Waals surface area contributed by atoms with Crippen molar-refractivity contribution in [2.75, 3.05) is 0 Å². The molecule has 0 heterocycles. The van der Waals surface area contributed by atoms with Crippen molar-refractivity contribution in [3.63, 3.8) is 0 Å². The molecule has 2 aromatic rings. The summed E-state index contributed by atoms with van der Waals surface area (Å²) in [4.78, 5) is 0. The molecule has 3 rings (SSSR count). The van der Waals surface area contributed by atoms with Crippen LogP contribution in [0.5, 0.6) is 5.75 Å². The van der Waals surface area contributed by atoms with Crippen molar-refractivity contribution >= 4 is 16.3 Å². The summed E-state index contributed by atoms with van der Waals surface area (Å²) in [6, 6.07) is 12.0. The molecule has 1 aliphatic carbocycles. The zero-order valence-electron chi connectivity index (χ0n) is 8.40. The summed E-state index contributed by atoms with van der Waals surface area (Å²) >= 11 is 0. The third-order valence-electron chi connectivity index (χ3n) is 3.01. The molecule has 1 nitrogen and oxygen atoms in total. The van der Waals surface area contributed by atoms with Crippen LogP contribution in [0.15, 0.2) is 42.5 Å². The first-order chi connectivity index (χ1) is 7.34. The predicted molar refractivity (Wildman–Crippen MR) is 62.8 cm³/mol. The van der Waals surface area contributed by atoms with Crippen molar-refractivity contribution in [2.45, 2.75) is 12.8 Å². The monoisotopic (exact) mass is 196 g/mol. The second-order valence-electron chi connectivity index (χ2n) is 3.98. The van der Waals surface area contributed by atoms with Gasteiger partial charge in [0.1, 0.15) is 5.75 Å². The number of allylic oxidation sites excluding steroid dienone is 2. The van der Waals surface area contributed by atoms with Gasteiger partial charge in [-0.05, 0) is 41.3 Å². The van der Waals surface area contributed by atoms with Crippen LogP contribution in [0, 0.1) is 0 Å². The molecule has 0 aromatic heterocycles. The second-order valence-corrected chi connectivity index (χ2v) is 3.98. The fourth-order valence-electron chi connectivity index (χ4n) is 2.02. The van der Waals surface area contributed by atoms with Gasteiger partial charge in [-0.25, -0.2) is 0 Å². The molecule has 0 aliphatic heterocycles. The summed E-state index contributed by atoms with van der Waals surface area (Å²) in [7, 11) is 0. The van der Waals surface area contributed by atoms with Crippen LogP contribution in [0.4, 0.5) is 0 Å². The van der Waals surface area contributed by atoms with Crippen LogP contribution in [-0.2, 0) is 0 Å². The van der Waals surface area contributed by atoms with Crippen molar-refractivity contribution in [3.05, 3.63) is 48.0 Å². The van der Waals surface area contributed by atoms with Crippen LogP contribution in [0.2, 0.25) is 0 Å². The standard InChI is InChI=1S/C14H12O/c15-14-9-12-5-2-1-4-11(12)8-13(14)10-6-3-7-10/h1-2,4-6,8-9,15H,3,7H2. The molecule has 0 radical (unpaired) electrons. The Morgan fingerprint density at radius 1 is 1.00 bits per heavy atom. The summed E-state index contributed by atoms with van der Waals surface area (Å²) in [5, 5.41) is 12.2. The van der Waals surface area contributed by atoms with Crippen LogP contribution < -0.4 is 0 Å². The average Bonchev–Trinajstić information content (AvgIpc) is 2.16. The molecule has 0 unspecified atom stereocenters. The smallest absolute Gasteiger partial charge is 0.123 e. The van der Waals surface area contributed by atoms with Crippen LogP contribution >= 0.6 is 0 Å². The maximum Gasteiger partial charge on any atom is 0.123 e. The fraction of sp³-hybridized carbons (Fsp3) is 0.143. The average molecular weight is 196 g/mol. The summed E-state index contributed by atoms with van der Waals surface area (Å²) < 4.78 is 0. The molecule has 0 atom stereocenters. The number of aromatic hydroxyl groups is 1. The number of phenolic OH excluding ortho intramolecular Hbond substituents is 1. The number of benzene rings is 2. The molecule has 0 fully saturated rings. The van der Waals surface area contributed by atoms with Crippen LogP contribution in [0.3, 0.4) is 0 Å². The lowest BCUT2D eigenvalue weighted by molar-refractivity contribution is 0.474. The quantitative estimate of drug-likeness (QED) is 0.737. The van der Waals surface area contributed by atoms with E-state index in [1.165, 1.54) is 11.0 Å². The summed E-state index contributed by atoms with van der Waals surface area (Å²) in [5.41, 5.74) is 2.28. The van der Waals surface area contributed by atoms with Gasteiger partial charge in [0.25, 0.3) is 0 Å². The Morgan fingerprint density at radius 3 is 2.27 bits per heavy atom. The SMILES string of the molecule is Oc1cc2ccccc2cc1C1=CCC1. The number of fused-ring (bicyclic) bond motifs is 1. The van der Waals surface area contributed by atoms with E-state index in [1.54, 1.807) is 0 Å². The van der Waals surface area contributed by atoms with E-state index in [1.807, 2.05) is 24.3 Å². The van der Waals surface area contributed by atoms with E-state index in [-0.39, 0.29) is 0 Å². The minimum absolute atomic E-state index is 0.402. The summed E-state index contributed by atoms with van der Waals surface area (Å²) in [6.07, 6.45) is 4.41. The first kappa shape index (κ1) is 8.54. The lowest BCUT2D eigenvalue weighted by Gasteiger charge is -2.16. The number of hydrogen-bond acceptors (Lipinski definition) is 1. The summed E-state index contributed by atoms with van der Waals surface area (Å²) in [6.45, 7) is 0. The third kappa shape index (κ3) is 1.32. The fourth-order valence-corrected chi connectivity index (χ4v) is 2.02. The van der Waals surface area contributed by atoms with Gasteiger partial charge in [-0.2, -0.15) is 0 Å². The van der Waals surface area contributed by atoms with Gasteiger partial charge in [0.05, 0.1) is 0 Å². The van der Waals surface area contributed by atoms with E-state index < -0.39 is 0 Å². The first-order valence-corrected chi connectivity index (χ1v) is 5.26. The Bertz CT molecular complexity index is 552. The largest absolute Gasteiger partial charge is 0.507 e. The van der Waals surface area contributed by atoms with E-state index in [0.29, 0.717) is 5.75 Å². The van der Waals surface area contributed by atoms with E-state index in [2.05, 4.69) is 18.2 Å². The number of hydrogen-bond donors (Lipinski definition) is 1. The lowest BCUT2D eigenvalue weighted by atomic mass is 9.90. The Hall–Kier alpha value is -1.76. The molecule has 0 spiro atoms. The predicted octanol–water partition coefficient (Wildman–Crippen LogP) is 3.72. The third-order valence-corrected chi connectivity index (χ3v) is 3.01. The van der Waals surface area contributed by atoms with Gasteiger partial charge in [-0.3, -0.25) is 0 Å². The molecule has 0 bridgehead atoms. The highest BCUT2D eigenvalue weighted by Crippen LogP contribution is 2.36. The second kappa shape index (κ2) is 3.13. The molecular formula is C14H12O. The van der Waals surface area contributed by atoms with Crippen molar-refractivity contribution < 1.29 is 5.11 Å². The van der Waals surface area contributed by atoms with Gasteiger partial charge in [-0.15, -0.1) is 0 Å². The van der Waals surface area contributed by atoms with Crippen molar-refractivity contribution in [1.29, 1.82) is 0 Å². The van der Waals surface area contributed by atoms with Crippen LogP contribution in [0.1, 0.15) is 18.4 Å². The normalized spacial score (nSPS) is 14.8. The molecule has 1 aliphatic rings. The molecule has 1 heteroatoms. The van der Waals surface area contributed by atoms with Gasteiger partial charge in [-0.1, -0.05) is 30.3 Å². The molecule has 74 valence electrons. The highest BCUT2D eigenvalue weighted by Gasteiger charge is 2.12. The van der Waals surface area contributed by atoms with E-state index in [9.17, 15) is 5.11 Å². The van der Waals surface area contributed by atoms with Gasteiger partial charge < -0.3 is 5.11 Å². The van der Waals surface area contributed by atoms with Gasteiger partial charge in [0.15, 0.2) is 0 Å². The molecule has 1 N–H and O–H groups in total. The van der Waals surface area contributed by atoms with E-state index >= 15 is 0 Å². The highest BCUT2D eigenvalue weighted by molar-refractivity contribution is 5.89. The Kier molecular flexibility index (Phi) is 1.78. The maximum absolute atomic E-state index is 9.90. The van der Waals surface area contributed by atoms with Gasteiger partial charge >= 0.3 is 0 Å². The van der Waals surface area contributed by atoms with Gasteiger partial charge in [0, 0.05) is 5.56 Å².